The van der Waals surface area contributed by atoms with E-state index < -0.39 is 0 Å². The number of nitrogens with one attached hydrogen (secondary N) is 3. The van der Waals surface area contributed by atoms with Crippen molar-refractivity contribution in [1.82, 2.24) is 16.2 Å². The van der Waals surface area contributed by atoms with Crippen LogP contribution >= 0.6 is 12.2 Å². The van der Waals surface area contributed by atoms with Crippen molar-refractivity contribution < 1.29 is 4.79 Å². The first-order valence-corrected chi connectivity index (χ1v) is 4.18. The topological polar surface area (TPSA) is 53.2 Å². The molecule has 1 rings (SSSR count). The first-order chi connectivity index (χ1) is 5.41. The van der Waals surface area contributed by atoms with Gasteiger partial charge < -0.3 is 5.32 Å². The second kappa shape index (κ2) is 2.99. The minimum Gasteiger partial charge on any atom is -0.301 e. The van der Waals surface area contributed by atoms with E-state index in [1.807, 2.05) is 20.8 Å². The summed E-state index contributed by atoms with van der Waals surface area (Å²) in [7, 11) is 0. The van der Waals surface area contributed by atoms with Crippen molar-refractivity contribution in [2.24, 2.45) is 5.41 Å². The average Bonchev–Trinajstić information content (AvgIpc) is 1.83. The van der Waals surface area contributed by atoms with Crippen LogP contribution in [0.4, 0.5) is 0 Å². The molecule has 0 aliphatic carbocycles. The van der Waals surface area contributed by atoms with Gasteiger partial charge in [0, 0.05) is 0 Å². The van der Waals surface area contributed by atoms with Crippen LogP contribution in [0.5, 0.6) is 0 Å². The fourth-order valence-corrected chi connectivity index (χ4v) is 1.19. The second-order valence-corrected chi connectivity index (χ2v) is 4.29. The lowest BCUT2D eigenvalue weighted by atomic mass is 9.86. The number of hydrogen-bond donors (Lipinski definition) is 3. The third-order valence-corrected chi connectivity index (χ3v) is 1.90. The Balaban J connectivity index is 2.69. The van der Waals surface area contributed by atoms with Crippen LogP contribution in [0.1, 0.15) is 20.8 Å². The molecule has 1 amide bonds. The van der Waals surface area contributed by atoms with Gasteiger partial charge in [0.2, 0.25) is 5.91 Å². The third kappa shape index (κ3) is 1.92. The van der Waals surface area contributed by atoms with Crippen molar-refractivity contribution in [1.29, 1.82) is 0 Å². The monoisotopic (exact) mass is 187 g/mol. The van der Waals surface area contributed by atoms with E-state index in [9.17, 15) is 4.79 Å². The zero-order chi connectivity index (χ0) is 9.35. The van der Waals surface area contributed by atoms with E-state index in [0.29, 0.717) is 5.11 Å². The van der Waals surface area contributed by atoms with Crippen LogP contribution in [0.15, 0.2) is 0 Å². The van der Waals surface area contributed by atoms with Crippen molar-refractivity contribution in [3.63, 3.8) is 0 Å². The molecule has 1 saturated heterocycles. The Morgan fingerprint density at radius 1 is 1.42 bits per heavy atom. The van der Waals surface area contributed by atoms with Crippen LogP contribution < -0.4 is 16.2 Å². The van der Waals surface area contributed by atoms with Gasteiger partial charge >= 0.3 is 0 Å². The lowest BCUT2D eigenvalue weighted by molar-refractivity contribution is -0.125. The summed E-state index contributed by atoms with van der Waals surface area (Å²) in [5.41, 5.74) is 5.46. The summed E-state index contributed by atoms with van der Waals surface area (Å²) in [6.07, 6.45) is 0. The average molecular weight is 187 g/mol. The van der Waals surface area contributed by atoms with Crippen molar-refractivity contribution in [2.45, 2.75) is 26.8 Å². The van der Waals surface area contributed by atoms with Gasteiger partial charge in [-0.25, -0.2) is 5.43 Å². The SMILES string of the molecule is CC(C)(C)C1NNC(=S)NC1=O. The lowest BCUT2D eigenvalue weighted by Gasteiger charge is -2.34. The molecule has 12 heavy (non-hydrogen) atoms. The van der Waals surface area contributed by atoms with Crippen molar-refractivity contribution in [2.75, 3.05) is 0 Å². The van der Waals surface area contributed by atoms with Crippen LogP contribution in [0, 0.1) is 5.41 Å². The van der Waals surface area contributed by atoms with Gasteiger partial charge in [-0.1, -0.05) is 20.8 Å². The number of carbonyl (C=O) groups excluding carboxylic acids is 1. The zero-order valence-corrected chi connectivity index (χ0v) is 8.21. The highest BCUT2D eigenvalue weighted by Crippen LogP contribution is 2.19. The predicted molar refractivity (Wildman–Crippen MR) is 50.3 cm³/mol. The Morgan fingerprint density at radius 3 is 2.42 bits per heavy atom. The largest absolute Gasteiger partial charge is 0.301 e. The molecule has 3 N–H and O–H groups in total. The van der Waals surface area contributed by atoms with Crippen LogP contribution in [0.2, 0.25) is 0 Å². The molecular formula is C7H13N3OS. The normalized spacial score (nSPS) is 24.8. The Kier molecular flexibility index (Phi) is 2.34. The van der Waals surface area contributed by atoms with E-state index in [4.69, 9.17) is 12.2 Å². The molecule has 1 fully saturated rings. The molecule has 5 heteroatoms. The van der Waals surface area contributed by atoms with Crippen LogP contribution in [0.25, 0.3) is 0 Å². The van der Waals surface area contributed by atoms with Gasteiger partial charge in [0.05, 0.1) is 0 Å². The third-order valence-electron chi connectivity index (χ3n) is 1.69. The van der Waals surface area contributed by atoms with Gasteiger partial charge in [0.1, 0.15) is 6.04 Å². The fraction of sp³-hybridized carbons (Fsp3) is 0.714. The standard InChI is InChI=1S/C7H13N3OS/c1-7(2,3)4-5(11)8-6(12)10-9-4/h4,9H,1-3H3,(H2,8,10,11,12). The summed E-state index contributed by atoms with van der Waals surface area (Å²) in [4.78, 5) is 11.4. The van der Waals surface area contributed by atoms with Crippen LogP contribution in [0.3, 0.4) is 0 Å². The maximum Gasteiger partial charge on any atom is 0.245 e. The summed E-state index contributed by atoms with van der Waals surface area (Å²) in [5.74, 6) is -0.0775. The highest BCUT2D eigenvalue weighted by molar-refractivity contribution is 7.80. The van der Waals surface area contributed by atoms with E-state index in [1.165, 1.54) is 0 Å². The van der Waals surface area contributed by atoms with E-state index in [1.54, 1.807) is 0 Å². The molecule has 0 aromatic heterocycles. The van der Waals surface area contributed by atoms with E-state index in [-0.39, 0.29) is 17.4 Å². The minimum absolute atomic E-state index is 0.0775. The number of rotatable bonds is 0. The molecule has 1 aliphatic heterocycles. The van der Waals surface area contributed by atoms with Gasteiger partial charge in [-0.15, -0.1) is 0 Å². The van der Waals surface area contributed by atoms with Crippen molar-refractivity contribution in [3.05, 3.63) is 0 Å². The van der Waals surface area contributed by atoms with Gasteiger partial charge in [-0.3, -0.25) is 10.2 Å². The van der Waals surface area contributed by atoms with Gasteiger partial charge in [0.15, 0.2) is 5.11 Å². The Morgan fingerprint density at radius 2 is 2.00 bits per heavy atom. The Hall–Kier alpha value is -0.680. The number of carbonyl (C=O) groups is 1. The minimum atomic E-state index is -0.246. The van der Waals surface area contributed by atoms with Gasteiger partial charge in [0.25, 0.3) is 0 Å². The maximum atomic E-state index is 11.4. The summed E-state index contributed by atoms with van der Waals surface area (Å²) >= 11 is 4.75. The molecule has 1 unspecified atom stereocenters. The molecule has 0 bridgehead atoms. The number of amides is 1. The molecule has 0 aromatic rings. The van der Waals surface area contributed by atoms with E-state index in [2.05, 4.69) is 16.2 Å². The summed E-state index contributed by atoms with van der Waals surface area (Å²) in [6.45, 7) is 5.96. The lowest BCUT2D eigenvalue weighted by Crippen LogP contribution is -2.65. The molecule has 0 radical (unpaired) electrons. The highest BCUT2D eigenvalue weighted by atomic mass is 32.1. The van der Waals surface area contributed by atoms with Crippen molar-refractivity contribution in [3.8, 4) is 0 Å². The first-order valence-electron chi connectivity index (χ1n) is 3.77. The van der Waals surface area contributed by atoms with Gasteiger partial charge in [-0.05, 0) is 17.6 Å². The number of thiocarbonyl (C=S) groups is 1. The number of hydrogen-bond acceptors (Lipinski definition) is 3. The summed E-state index contributed by atoms with van der Waals surface area (Å²) in [5, 5.41) is 2.89. The molecule has 1 heterocycles. The molecule has 0 saturated carbocycles. The molecule has 0 aromatic carbocycles. The first kappa shape index (κ1) is 9.41. The fourth-order valence-electron chi connectivity index (χ4n) is 1.03. The number of hydrazine groups is 1. The zero-order valence-electron chi connectivity index (χ0n) is 7.39. The molecule has 1 aliphatic rings. The molecule has 68 valence electrons. The molecular weight excluding hydrogens is 174 g/mol. The molecule has 4 nitrogen and oxygen atoms in total. The smallest absolute Gasteiger partial charge is 0.245 e. The van der Waals surface area contributed by atoms with Gasteiger partial charge in [-0.2, -0.15) is 0 Å². The highest BCUT2D eigenvalue weighted by Gasteiger charge is 2.34. The Labute approximate surface area is 77.1 Å². The molecule has 1 atom stereocenters. The predicted octanol–water partition coefficient (Wildman–Crippen LogP) is -0.0900. The van der Waals surface area contributed by atoms with Crippen molar-refractivity contribution >= 4 is 23.2 Å². The van der Waals surface area contributed by atoms with E-state index >= 15 is 0 Å². The van der Waals surface area contributed by atoms with E-state index in [0.717, 1.165) is 0 Å². The molecule has 0 spiro atoms. The van der Waals surface area contributed by atoms with Crippen LogP contribution in [-0.2, 0) is 4.79 Å². The summed E-state index contributed by atoms with van der Waals surface area (Å²) in [6, 6.07) is -0.246. The Bertz CT molecular complexity index is 221. The second-order valence-electron chi connectivity index (χ2n) is 3.89. The van der Waals surface area contributed by atoms with Crippen LogP contribution in [-0.4, -0.2) is 17.1 Å². The maximum absolute atomic E-state index is 11.4. The summed E-state index contributed by atoms with van der Waals surface area (Å²) < 4.78 is 0. The quantitative estimate of drug-likeness (QED) is 0.464.